The molecule has 0 radical (unpaired) electrons. The molecular weight excluding hydrogens is 276 g/mol. The number of carbonyl (C=O) groups is 2. The predicted molar refractivity (Wildman–Crippen MR) is 62.8 cm³/mol. The number of amides is 2. The molecule has 1 aliphatic rings. The molecule has 20 heavy (non-hydrogen) atoms. The summed E-state index contributed by atoms with van der Waals surface area (Å²) in [5.74, 6) is -3.92. The Morgan fingerprint density at radius 3 is 2.55 bits per heavy atom. The highest BCUT2D eigenvalue weighted by molar-refractivity contribution is 6.06. The van der Waals surface area contributed by atoms with Crippen LogP contribution < -0.4 is 5.32 Å². The molecule has 1 fully saturated rings. The summed E-state index contributed by atoms with van der Waals surface area (Å²) in [6.45, 7) is 0. The highest BCUT2D eigenvalue weighted by atomic mass is 19.2. The number of imide groups is 1. The molecule has 1 aromatic carbocycles. The van der Waals surface area contributed by atoms with Gasteiger partial charge in [-0.1, -0.05) is 0 Å². The molecule has 0 aromatic heterocycles. The predicted octanol–water partition coefficient (Wildman–Crippen LogP) is 1.04. The van der Waals surface area contributed by atoms with Crippen molar-refractivity contribution in [2.24, 2.45) is 0 Å². The van der Waals surface area contributed by atoms with Crippen LogP contribution in [-0.2, 0) is 9.59 Å². The second kappa shape index (κ2) is 4.83. The van der Waals surface area contributed by atoms with Crippen molar-refractivity contribution >= 4 is 23.2 Å². The zero-order valence-electron chi connectivity index (χ0n) is 10.2. The Labute approximate surface area is 111 Å². The summed E-state index contributed by atoms with van der Waals surface area (Å²) in [4.78, 5) is 33.7. The van der Waals surface area contributed by atoms with E-state index in [9.17, 15) is 28.5 Å². The summed E-state index contributed by atoms with van der Waals surface area (Å²) >= 11 is 0. The van der Waals surface area contributed by atoms with Crippen molar-refractivity contribution in [3.05, 3.63) is 33.9 Å². The maximum absolute atomic E-state index is 13.6. The minimum absolute atomic E-state index is 0.275. The van der Waals surface area contributed by atoms with Gasteiger partial charge in [0, 0.05) is 13.1 Å². The van der Waals surface area contributed by atoms with Crippen molar-refractivity contribution in [1.82, 2.24) is 4.90 Å². The Morgan fingerprint density at radius 2 is 2.05 bits per heavy atom. The van der Waals surface area contributed by atoms with Gasteiger partial charge in [0.1, 0.15) is 6.04 Å². The molecule has 106 valence electrons. The average molecular weight is 285 g/mol. The van der Waals surface area contributed by atoms with E-state index < -0.39 is 45.8 Å². The van der Waals surface area contributed by atoms with E-state index in [4.69, 9.17) is 0 Å². The number of carbonyl (C=O) groups excluding carboxylic acids is 2. The third kappa shape index (κ3) is 2.17. The van der Waals surface area contributed by atoms with Crippen molar-refractivity contribution in [3.8, 4) is 0 Å². The molecule has 7 nitrogen and oxygen atoms in total. The lowest BCUT2D eigenvalue weighted by Crippen LogP contribution is -2.32. The van der Waals surface area contributed by atoms with Gasteiger partial charge in [0.2, 0.25) is 5.91 Å². The summed E-state index contributed by atoms with van der Waals surface area (Å²) in [7, 11) is 1.24. The highest BCUT2D eigenvalue weighted by Crippen LogP contribution is 2.31. The Hall–Kier alpha value is -2.58. The van der Waals surface area contributed by atoms with Crippen molar-refractivity contribution in [3.63, 3.8) is 0 Å². The topological polar surface area (TPSA) is 92.6 Å². The number of nitro groups is 1. The smallest absolute Gasteiger partial charge is 0.295 e. The molecule has 9 heteroatoms. The second-order valence-electron chi connectivity index (χ2n) is 4.20. The van der Waals surface area contributed by atoms with Gasteiger partial charge in [-0.15, -0.1) is 0 Å². The lowest BCUT2D eigenvalue weighted by molar-refractivity contribution is -0.384. The van der Waals surface area contributed by atoms with Gasteiger partial charge in [-0.05, 0) is 6.07 Å². The Morgan fingerprint density at radius 1 is 1.40 bits per heavy atom. The van der Waals surface area contributed by atoms with Gasteiger partial charge in [0.15, 0.2) is 17.3 Å². The molecule has 0 spiro atoms. The number of nitro benzene ring substituents is 1. The fraction of sp³-hybridized carbons (Fsp3) is 0.273. The Bertz CT molecular complexity index is 620. The number of halogens is 2. The third-order valence-electron chi connectivity index (χ3n) is 2.97. The van der Waals surface area contributed by atoms with Crippen LogP contribution in [0.25, 0.3) is 0 Å². The van der Waals surface area contributed by atoms with Gasteiger partial charge in [0.25, 0.3) is 11.6 Å². The monoisotopic (exact) mass is 285 g/mol. The van der Waals surface area contributed by atoms with Crippen LogP contribution in [0, 0.1) is 21.7 Å². The van der Waals surface area contributed by atoms with Gasteiger partial charge >= 0.3 is 0 Å². The van der Waals surface area contributed by atoms with Crippen LogP contribution in [0.5, 0.6) is 0 Å². The lowest BCUT2D eigenvalue weighted by Gasteiger charge is -2.13. The van der Waals surface area contributed by atoms with Crippen LogP contribution in [0.2, 0.25) is 0 Å². The van der Waals surface area contributed by atoms with Crippen molar-refractivity contribution in [2.75, 3.05) is 12.4 Å². The number of nitrogens with zero attached hydrogens (tertiary/aromatic N) is 2. The van der Waals surface area contributed by atoms with E-state index >= 15 is 0 Å². The van der Waals surface area contributed by atoms with Crippen LogP contribution in [0.3, 0.4) is 0 Å². The maximum atomic E-state index is 13.6. The molecule has 2 amide bonds. The molecular formula is C11H9F2N3O4. The fourth-order valence-corrected chi connectivity index (χ4v) is 1.87. The zero-order valence-corrected chi connectivity index (χ0v) is 10.2. The molecule has 1 aromatic rings. The fourth-order valence-electron chi connectivity index (χ4n) is 1.87. The summed E-state index contributed by atoms with van der Waals surface area (Å²) in [5.41, 5.74) is -1.45. The van der Waals surface area contributed by atoms with Gasteiger partial charge in [-0.25, -0.2) is 8.78 Å². The van der Waals surface area contributed by atoms with Crippen molar-refractivity contribution in [1.29, 1.82) is 0 Å². The number of rotatable bonds is 3. The number of nitrogens with one attached hydrogen (secondary N) is 1. The lowest BCUT2D eigenvalue weighted by atomic mass is 10.2. The van der Waals surface area contributed by atoms with E-state index in [1.54, 1.807) is 0 Å². The maximum Gasteiger partial charge on any atom is 0.295 e. The van der Waals surface area contributed by atoms with Gasteiger partial charge < -0.3 is 5.32 Å². The number of benzene rings is 1. The van der Waals surface area contributed by atoms with Crippen molar-refractivity contribution < 1.29 is 23.3 Å². The molecule has 0 aliphatic carbocycles. The van der Waals surface area contributed by atoms with Gasteiger partial charge in [-0.2, -0.15) is 0 Å². The molecule has 1 saturated heterocycles. The van der Waals surface area contributed by atoms with E-state index in [2.05, 4.69) is 5.32 Å². The van der Waals surface area contributed by atoms with Crippen molar-refractivity contribution in [2.45, 2.75) is 12.5 Å². The minimum Gasteiger partial charge on any atom is -0.365 e. The van der Waals surface area contributed by atoms with Crippen LogP contribution in [0.1, 0.15) is 6.42 Å². The van der Waals surface area contributed by atoms with Gasteiger partial charge in [0.05, 0.1) is 11.3 Å². The zero-order chi connectivity index (χ0) is 15.0. The van der Waals surface area contributed by atoms with E-state index in [0.717, 1.165) is 11.0 Å². The van der Waals surface area contributed by atoms with E-state index in [0.29, 0.717) is 6.07 Å². The first-order valence-corrected chi connectivity index (χ1v) is 5.52. The normalized spacial score (nSPS) is 18.6. The summed E-state index contributed by atoms with van der Waals surface area (Å²) < 4.78 is 26.8. The number of hydrogen-bond donors (Lipinski definition) is 1. The molecule has 2 rings (SSSR count). The summed E-state index contributed by atoms with van der Waals surface area (Å²) in [5, 5.41) is 13.0. The molecule has 1 N–H and O–H groups in total. The number of likely N-dealkylation sites (tertiary alicyclic amines) is 1. The number of hydrogen-bond acceptors (Lipinski definition) is 5. The minimum atomic E-state index is -1.46. The molecule has 1 heterocycles. The van der Waals surface area contributed by atoms with E-state index in [-0.39, 0.29) is 6.42 Å². The molecule has 1 unspecified atom stereocenters. The molecule has 0 saturated carbocycles. The Balaban J connectivity index is 2.39. The first-order valence-electron chi connectivity index (χ1n) is 5.52. The average Bonchev–Trinajstić information content (AvgIpc) is 2.62. The number of likely N-dealkylation sites (N-methyl/N-ethyl adjacent to an activating group) is 1. The first-order chi connectivity index (χ1) is 9.32. The largest absolute Gasteiger partial charge is 0.365 e. The van der Waals surface area contributed by atoms with Crippen LogP contribution in [-0.4, -0.2) is 34.7 Å². The number of anilines is 1. The third-order valence-corrected chi connectivity index (χ3v) is 2.97. The van der Waals surface area contributed by atoms with E-state index in [1.165, 1.54) is 7.05 Å². The Kier molecular flexibility index (Phi) is 3.35. The summed E-state index contributed by atoms with van der Waals surface area (Å²) in [6.07, 6.45) is -0.275. The van der Waals surface area contributed by atoms with Crippen LogP contribution in [0.15, 0.2) is 12.1 Å². The first kappa shape index (κ1) is 13.8. The second-order valence-corrected chi connectivity index (χ2v) is 4.20. The van der Waals surface area contributed by atoms with Crippen LogP contribution >= 0.6 is 0 Å². The molecule has 1 aliphatic heterocycles. The molecule has 1 atom stereocenters. The van der Waals surface area contributed by atoms with Gasteiger partial charge in [-0.3, -0.25) is 24.6 Å². The SMILES string of the molecule is CN1C(=O)CC(Nc2c([N+](=O)[O-])ccc(F)c2F)C1=O. The highest BCUT2D eigenvalue weighted by Gasteiger charge is 2.38. The van der Waals surface area contributed by atoms with Crippen LogP contribution in [0.4, 0.5) is 20.2 Å². The standard InChI is InChI=1S/C11H9F2N3O4/c1-15-8(17)4-6(11(15)18)14-10-7(16(19)20)3-2-5(12)9(10)13/h2-3,6,14H,4H2,1H3. The van der Waals surface area contributed by atoms with E-state index in [1.807, 2.05) is 0 Å². The quantitative estimate of drug-likeness (QED) is 0.509. The summed E-state index contributed by atoms with van der Waals surface area (Å²) in [6, 6.07) is 0.250. The molecule has 0 bridgehead atoms.